The van der Waals surface area contributed by atoms with Gasteiger partial charge in [0, 0.05) is 17.3 Å². The minimum absolute atomic E-state index is 0. The molecule has 148 valence electrons. The molecule has 3 aromatic rings. The summed E-state index contributed by atoms with van der Waals surface area (Å²) in [7, 11) is 0. The summed E-state index contributed by atoms with van der Waals surface area (Å²) in [4.78, 5) is 4.39. The monoisotopic (exact) mass is 416 g/mol. The number of ether oxygens (including phenoxy) is 1. The number of piperidine rings is 1. The third-order valence-electron chi connectivity index (χ3n) is 5.94. The van der Waals surface area contributed by atoms with E-state index in [2.05, 4.69) is 52.8 Å². The second kappa shape index (κ2) is 8.28. The predicted octanol–water partition coefficient (Wildman–Crippen LogP) is 5.50. The van der Waals surface area contributed by atoms with Crippen LogP contribution in [-0.4, -0.2) is 23.7 Å². The molecule has 1 spiro atoms. The zero-order chi connectivity index (χ0) is 17.6. The Labute approximate surface area is 178 Å². The van der Waals surface area contributed by atoms with E-state index in [4.69, 9.17) is 4.74 Å². The van der Waals surface area contributed by atoms with Crippen LogP contribution in [0.5, 0.6) is 5.75 Å². The molecule has 5 rings (SSSR count). The Kier molecular flexibility index (Phi) is 6.18. The van der Waals surface area contributed by atoms with Crippen LogP contribution in [0.15, 0.2) is 48.7 Å². The van der Waals surface area contributed by atoms with Gasteiger partial charge >= 0.3 is 0 Å². The zero-order valence-corrected chi connectivity index (χ0v) is 17.7. The van der Waals surface area contributed by atoms with Crippen molar-refractivity contribution in [1.82, 2.24) is 10.3 Å². The molecule has 1 aromatic heterocycles. The minimum atomic E-state index is 0. The largest absolute Gasteiger partial charge is 0.487 e. The molecule has 0 unspecified atom stereocenters. The number of hydrogen-bond donors (Lipinski definition) is 1. The summed E-state index contributed by atoms with van der Waals surface area (Å²) >= 11 is 0. The zero-order valence-electron chi connectivity index (χ0n) is 16.0. The second-order valence-electron chi connectivity index (χ2n) is 7.75. The fourth-order valence-electron chi connectivity index (χ4n) is 4.37. The SMILES string of the molecule is Cc1cc2cc(-c3ccc4c(c3)CCC3(CCNCC3)O4)ccc2cn1.Cl.Cl. The predicted molar refractivity (Wildman–Crippen MR) is 120 cm³/mol. The Morgan fingerprint density at radius 3 is 2.46 bits per heavy atom. The van der Waals surface area contributed by atoms with Gasteiger partial charge in [-0.25, -0.2) is 0 Å². The van der Waals surface area contributed by atoms with E-state index in [9.17, 15) is 0 Å². The molecule has 0 bridgehead atoms. The Bertz CT molecular complexity index is 983. The smallest absolute Gasteiger partial charge is 0.123 e. The van der Waals surface area contributed by atoms with E-state index in [0.29, 0.717) is 0 Å². The number of aryl methyl sites for hydroxylation is 2. The summed E-state index contributed by atoms with van der Waals surface area (Å²) in [5, 5.41) is 5.88. The maximum Gasteiger partial charge on any atom is 0.123 e. The number of aromatic nitrogens is 1. The third kappa shape index (κ3) is 3.84. The fourth-order valence-corrected chi connectivity index (χ4v) is 4.37. The fraction of sp³-hybridized carbons (Fsp3) is 0.348. The molecule has 3 heterocycles. The van der Waals surface area contributed by atoms with Gasteiger partial charge in [0.05, 0.1) is 0 Å². The molecule has 0 saturated carbocycles. The normalized spacial score (nSPS) is 17.2. The van der Waals surface area contributed by atoms with Gasteiger partial charge in [-0.2, -0.15) is 0 Å². The van der Waals surface area contributed by atoms with E-state index in [-0.39, 0.29) is 30.4 Å². The van der Waals surface area contributed by atoms with Crippen LogP contribution in [0.3, 0.4) is 0 Å². The van der Waals surface area contributed by atoms with Gasteiger partial charge in [0.25, 0.3) is 0 Å². The Balaban J connectivity index is 0.00000112. The van der Waals surface area contributed by atoms with Gasteiger partial charge in [-0.05, 0) is 92.0 Å². The van der Waals surface area contributed by atoms with Crippen LogP contribution in [0.2, 0.25) is 0 Å². The van der Waals surface area contributed by atoms with Crippen LogP contribution in [0.1, 0.15) is 30.5 Å². The molecular formula is C23H26Cl2N2O. The topological polar surface area (TPSA) is 34.1 Å². The van der Waals surface area contributed by atoms with Gasteiger partial charge in [-0.1, -0.05) is 18.2 Å². The first-order valence-electron chi connectivity index (χ1n) is 9.60. The molecule has 1 saturated heterocycles. The summed E-state index contributed by atoms with van der Waals surface area (Å²) in [5.74, 6) is 1.09. The molecule has 0 atom stereocenters. The molecule has 0 aliphatic carbocycles. The molecule has 1 N–H and O–H groups in total. The first kappa shape index (κ1) is 20.9. The Hall–Kier alpha value is -1.81. The van der Waals surface area contributed by atoms with E-state index >= 15 is 0 Å². The van der Waals surface area contributed by atoms with Gasteiger partial charge in [-0.15, -0.1) is 24.8 Å². The van der Waals surface area contributed by atoms with Gasteiger partial charge < -0.3 is 10.1 Å². The minimum Gasteiger partial charge on any atom is -0.487 e. The van der Waals surface area contributed by atoms with E-state index in [1.165, 1.54) is 27.5 Å². The van der Waals surface area contributed by atoms with Crippen LogP contribution >= 0.6 is 24.8 Å². The van der Waals surface area contributed by atoms with Crippen LogP contribution in [0, 0.1) is 6.92 Å². The number of nitrogens with one attached hydrogen (secondary N) is 1. The summed E-state index contributed by atoms with van der Waals surface area (Å²) in [6.07, 6.45) is 6.43. The third-order valence-corrected chi connectivity index (χ3v) is 5.94. The lowest BCUT2D eigenvalue weighted by Gasteiger charge is -2.41. The Morgan fingerprint density at radius 2 is 1.64 bits per heavy atom. The van der Waals surface area contributed by atoms with Gasteiger partial charge in [-0.3, -0.25) is 4.98 Å². The standard InChI is InChI=1S/C23H24N2O.2ClH/c1-16-12-21-14-17(2-3-20(21)15-25-16)18-4-5-22-19(13-18)6-7-23(26-22)8-10-24-11-9-23;;/h2-5,12-15,24H,6-11H2,1H3;2*1H. The summed E-state index contributed by atoms with van der Waals surface area (Å²) in [6, 6.07) is 15.5. The highest BCUT2D eigenvalue weighted by Crippen LogP contribution is 2.40. The van der Waals surface area contributed by atoms with Crippen molar-refractivity contribution in [3.8, 4) is 16.9 Å². The van der Waals surface area contributed by atoms with E-state index in [0.717, 1.165) is 50.2 Å². The van der Waals surface area contributed by atoms with Crippen LogP contribution < -0.4 is 10.1 Å². The van der Waals surface area contributed by atoms with E-state index < -0.39 is 0 Å². The quantitative estimate of drug-likeness (QED) is 0.568. The highest BCUT2D eigenvalue weighted by molar-refractivity contribution is 5.87. The maximum atomic E-state index is 6.49. The van der Waals surface area contributed by atoms with Gasteiger partial charge in [0.2, 0.25) is 0 Å². The molecule has 3 nitrogen and oxygen atoms in total. The molecule has 0 radical (unpaired) electrons. The lowest BCUT2D eigenvalue weighted by molar-refractivity contribution is 0.0170. The number of halogens is 2. The van der Waals surface area contributed by atoms with Crippen molar-refractivity contribution < 1.29 is 4.74 Å². The number of hydrogen-bond acceptors (Lipinski definition) is 3. The average Bonchev–Trinajstić information content (AvgIpc) is 2.67. The number of fused-ring (bicyclic) bond motifs is 2. The van der Waals surface area contributed by atoms with Crippen LogP contribution in [0.25, 0.3) is 21.9 Å². The lowest BCUT2D eigenvalue weighted by atomic mass is 9.83. The molecule has 1 fully saturated rings. The lowest BCUT2D eigenvalue weighted by Crippen LogP contribution is -2.48. The van der Waals surface area contributed by atoms with Crippen molar-refractivity contribution in [2.45, 2.75) is 38.2 Å². The van der Waals surface area contributed by atoms with E-state index in [1.807, 2.05) is 13.1 Å². The van der Waals surface area contributed by atoms with Crippen LogP contribution in [-0.2, 0) is 6.42 Å². The highest BCUT2D eigenvalue weighted by Gasteiger charge is 2.37. The molecule has 2 aromatic carbocycles. The van der Waals surface area contributed by atoms with Crippen molar-refractivity contribution in [2.24, 2.45) is 0 Å². The van der Waals surface area contributed by atoms with Crippen molar-refractivity contribution in [1.29, 1.82) is 0 Å². The second-order valence-corrected chi connectivity index (χ2v) is 7.75. The number of benzene rings is 2. The van der Waals surface area contributed by atoms with Crippen molar-refractivity contribution in [3.63, 3.8) is 0 Å². The molecular weight excluding hydrogens is 391 g/mol. The first-order chi connectivity index (χ1) is 12.7. The Morgan fingerprint density at radius 1 is 0.893 bits per heavy atom. The summed E-state index contributed by atoms with van der Waals surface area (Å²) < 4.78 is 6.49. The average molecular weight is 417 g/mol. The number of pyridine rings is 1. The maximum absolute atomic E-state index is 6.49. The first-order valence-corrected chi connectivity index (χ1v) is 9.60. The van der Waals surface area contributed by atoms with E-state index in [1.54, 1.807) is 0 Å². The van der Waals surface area contributed by atoms with Crippen molar-refractivity contribution in [2.75, 3.05) is 13.1 Å². The summed E-state index contributed by atoms with van der Waals surface area (Å²) in [6.45, 7) is 4.18. The molecule has 28 heavy (non-hydrogen) atoms. The number of nitrogens with zero attached hydrogens (tertiary/aromatic N) is 1. The number of rotatable bonds is 1. The molecule has 0 amide bonds. The highest BCUT2D eigenvalue weighted by atomic mass is 35.5. The van der Waals surface area contributed by atoms with Gasteiger partial charge in [0.1, 0.15) is 11.4 Å². The van der Waals surface area contributed by atoms with Crippen molar-refractivity contribution in [3.05, 3.63) is 59.9 Å². The molecule has 2 aliphatic rings. The van der Waals surface area contributed by atoms with Gasteiger partial charge in [0.15, 0.2) is 0 Å². The summed E-state index contributed by atoms with van der Waals surface area (Å²) in [5.41, 5.74) is 4.99. The van der Waals surface area contributed by atoms with Crippen molar-refractivity contribution >= 4 is 35.6 Å². The molecule has 5 heteroatoms. The molecule has 2 aliphatic heterocycles. The van der Waals surface area contributed by atoms with Crippen LogP contribution in [0.4, 0.5) is 0 Å².